The van der Waals surface area contributed by atoms with Crippen LogP contribution in [0.1, 0.15) is 22.8 Å². The smallest absolute Gasteiger partial charge is 0.325 e. The van der Waals surface area contributed by atoms with Crippen LogP contribution >= 0.6 is 15.9 Å². The molecule has 0 aliphatic heterocycles. The van der Waals surface area contributed by atoms with Crippen molar-refractivity contribution in [3.05, 3.63) is 74.0 Å². The number of nitrogens with zero attached hydrogens (tertiary/aromatic N) is 2. The van der Waals surface area contributed by atoms with Crippen LogP contribution in [0.15, 0.2) is 46.9 Å². The highest BCUT2D eigenvalue weighted by molar-refractivity contribution is 9.10. The van der Waals surface area contributed by atoms with Crippen molar-refractivity contribution in [3.63, 3.8) is 0 Å². The Morgan fingerprint density at radius 3 is 2.63 bits per heavy atom. The van der Waals surface area contributed by atoms with E-state index in [0.717, 1.165) is 11.0 Å². The summed E-state index contributed by atoms with van der Waals surface area (Å²) in [4.78, 5) is 36.1. The van der Waals surface area contributed by atoms with Gasteiger partial charge in [-0.2, -0.15) is 0 Å². The quantitative estimate of drug-likeness (QED) is 0.373. The molecule has 27 heavy (non-hydrogen) atoms. The number of carbonyl (C=O) groups excluding carboxylic acids is 2. The van der Waals surface area contributed by atoms with Gasteiger partial charge in [-0.05, 0) is 25.1 Å². The molecule has 0 fully saturated rings. The van der Waals surface area contributed by atoms with Crippen LogP contribution in [0.2, 0.25) is 0 Å². The molecular formula is C18H16BrFN2O5. The monoisotopic (exact) mass is 438 g/mol. The number of nitro groups is 1. The second-order valence-electron chi connectivity index (χ2n) is 5.51. The van der Waals surface area contributed by atoms with Gasteiger partial charge in [0.15, 0.2) is 0 Å². The van der Waals surface area contributed by atoms with Crippen LogP contribution in [-0.2, 0) is 16.1 Å². The van der Waals surface area contributed by atoms with E-state index in [-0.39, 0.29) is 30.0 Å². The topological polar surface area (TPSA) is 89.8 Å². The number of rotatable bonds is 7. The number of nitro benzene ring substituents is 1. The highest BCUT2D eigenvalue weighted by atomic mass is 79.9. The molecule has 0 atom stereocenters. The van der Waals surface area contributed by atoms with Crippen molar-refractivity contribution in [1.29, 1.82) is 0 Å². The summed E-state index contributed by atoms with van der Waals surface area (Å²) in [6, 6.07) is 9.46. The standard InChI is InChI=1S/C18H16BrFN2O5/c1-2-27-17(23)11-21(10-13-6-7-14(19)9-16(13)20)18(24)12-4-3-5-15(8-12)22(25)26/h3-9H,2,10-11H2,1H3. The molecule has 0 saturated carbocycles. The fourth-order valence-corrected chi connectivity index (χ4v) is 2.69. The molecule has 2 aromatic carbocycles. The Kier molecular flexibility index (Phi) is 7.00. The van der Waals surface area contributed by atoms with Crippen molar-refractivity contribution >= 4 is 33.5 Å². The molecule has 0 aliphatic carbocycles. The summed E-state index contributed by atoms with van der Waals surface area (Å²) in [5, 5.41) is 10.9. The zero-order chi connectivity index (χ0) is 20.0. The summed E-state index contributed by atoms with van der Waals surface area (Å²) >= 11 is 3.15. The van der Waals surface area contributed by atoms with Crippen LogP contribution in [0.3, 0.4) is 0 Å². The van der Waals surface area contributed by atoms with Crippen molar-refractivity contribution < 1.29 is 23.6 Å². The maximum atomic E-state index is 14.2. The number of amides is 1. The molecule has 9 heteroatoms. The Labute approximate surface area is 163 Å². The molecule has 0 unspecified atom stereocenters. The van der Waals surface area contributed by atoms with Crippen molar-refractivity contribution in [3.8, 4) is 0 Å². The Balaban J connectivity index is 2.33. The first kappa shape index (κ1) is 20.5. The molecular weight excluding hydrogens is 423 g/mol. The average molecular weight is 439 g/mol. The fourth-order valence-electron chi connectivity index (χ4n) is 2.35. The average Bonchev–Trinajstić information content (AvgIpc) is 2.63. The molecule has 0 aliphatic rings. The third kappa shape index (κ3) is 5.58. The van der Waals surface area contributed by atoms with Gasteiger partial charge in [-0.25, -0.2) is 4.39 Å². The van der Waals surface area contributed by atoms with Crippen molar-refractivity contribution in [2.24, 2.45) is 0 Å². The number of hydrogen-bond donors (Lipinski definition) is 0. The predicted molar refractivity (Wildman–Crippen MR) is 98.6 cm³/mol. The highest BCUT2D eigenvalue weighted by Gasteiger charge is 2.22. The molecule has 0 heterocycles. The van der Waals surface area contributed by atoms with E-state index in [1.807, 2.05) is 0 Å². The first-order valence-electron chi connectivity index (χ1n) is 7.95. The molecule has 1 amide bonds. The Bertz CT molecular complexity index is 875. The first-order chi connectivity index (χ1) is 12.8. The van der Waals surface area contributed by atoms with Gasteiger partial charge in [-0.3, -0.25) is 19.7 Å². The zero-order valence-electron chi connectivity index (χ0n) is 14.4. The number of ether oxygens (including phenoxy) is 1. The van der Waals surface area contributed by atoms with Crippen molar-refractivity contribution in [1.82, 2.24) is 4.90 Å². The number of hydrogen-bond acceptors (Lipinski definition) is 5. The summed E-state index contributed by atoms with van der Waals surface area (Å²) in [6.07, 6.45) is 0. The maximum Gasteiger partial charge on any atom is 0.325 e. The van der Waals surface area contributed by atoms with Gasteiger partial charge in [0, 0.05) is 34.3 Å². The van der Waals surface area contributed by atoms with Crippen LogP contribution in [0.25, 0.3) is 0 Å². The lowest BCUT2D eigenvalue weighted by molar-refractivity contribution is -0.384. The van der Waals surface area contributed by atoms with E-state index in [9.17, 15) is 24.1 Å². The largest absolute Gasteiger partial charge is 0.465 e. The number of carbonyl (C=O) groups is 2. The molecule has 2 rings (SSSR count). The lowest BCUT2D eigenvalue weighted by Crippen LogP contribution is -2.36. The van der Waals surface area contributed by atoms with Crippen LogP contribution in [0.4, 0.5) is 10.1 Å². The van der Waals surface area contributed by atoms with E-state index in [0.29, 0.717) is 4.47 Å². The van der Waals surface area contributed by atoms with E-state index in [1.54, 1.807) is 13.0 Å². The van der Waals surface area contributed by atoms with Gasteiger partial charge in [0.05, 0.1) is 11.5 Å². The molecule has 0 bridgehead atoms. The van der Waals surface area contributed by atoms with Crippen LogP contribution in [-0.4, -0.2) is 34.9 Å². The van der Waals surface area contributed by atoms with Gasteiger partial charge in [0.25, 0.3) is 11.6 Å². The maximum absolute atomic E-state index is 14.2. The molecule has 0 radical (unpaired) electrons. The third-order valence-corrected chi connectivity index (χ3v) is 4.09. The summed E-state index contributed by atoms with van der Waals surface area (Å²) in [6.45, 7) is 1.15. The van der Waals surface area contributed by atoms with E-state index in [1.165, 1.54) is 30.3 Å². The minimum absolute atomic E-state index is 0.0195. The number of halogens is 2. The van der Waals surface area contributed by atoms with Gasteiger partial charge in [0.2, 0.25) is 0 Å². The minimum atomic E-state index is -0.659. The second-order valence-corrected chi connectivity index (χ2v) is 6.43. The molecule has 0 saturated heterocycles. The van der Waals surface area contributed by atoms with Gasteiger partial charge >= 0.3 is 5.97 Å². The molecule has 0 N–H and O–H groups in total. The molecule has 7 nitrogen and oxygen atoms in total. The van der Waals surface area contributed by atoms with Crippen LogP contribution < -0.4 is 0 Å². The van der Waals surface area contributed by atoms with Crippen LogP contribution in [0, 0.1) is 15.9 Å². The summed E-state index contributed by atoms with van der Waals surface area (Å²) < 4.78 is 19.6. The van der Waals surface area contributed by atoms with E-state index in [4.69, 9.17) is 4.74 Å². The lowest BCUT2D eigenvalue weighted by atomic mass is 10.1. The Morgan fingerprint density at radius 1 is 1.26 bits per heavy atom. The fraction of sp³-hybridized carbons (Fsp3) is 0.222. The Morgan fingerprint density at radius 2 is 2.00 bits per heavy atom. The molecule has 142 valence electrons. The molecule has 0 spiro atoms. The minimum Gasteiger partial charge on any atom is -0.465 e. The SMILES string of the molecule is CCOC(=O)CN(Cc1ccc(Br)cc1F)C(=O)c1cccc([N+](=O)[O-])c1. The second kappa shape index (κ2) is 9.22. The normalized spacial score (nSPS) is 10.3. The van der Waals surface area contributed by atoms with Gasteiger partial charge in [0.1, 0.15) is 12.4 Å². The van der Waals surface area contributed by atoms with Gasteiger partial charge in [-0.1, -0.05) is 28.1 Å². The lowest BCUT2D eigenvalue weighted by Gasteiger charge is -2.22. The highest BCUT2D eigenvalue weighted by Crippen LogP contribution is 2.19. The number of non-ortho nitro benzene ring substituents is 1. The summed E-state index contributed by atoms with van der Waals surface area (Å²) in [7, 11) is 0. The third-order valence-electron chi connectivity index (χ3n) is 3.59. The number of esters is 1. The van der Waals surface area contributed by atoms with E-state index < -0.39 is 29.2 Å². The van der Waals surface area contributed by atoms with E-state index >= 15 is 0 Å². The molecule has 0 aromatic heterocycles. The zero-order valence-corrected chi connectivity index (χ0v) is 15.9. The first-order valence-corrected chi connectivity index (χ1v) is 8.74. The number of benzene rings is 2. The van der Waals surface area contributed by atoms with Crippen molar-refractivity contribution in [2.45, 2.75) is 13.5 Å². The summed E-state index contributed by atoms with van der Waals surface area (Å²) in [5.74, 6) is -1.85. The summed E-state index contributed by atoms with van der Waals surface area (Å²) in [5.41, 5.74) is -0.0425. The molecule has 2 aromatic rings. The van der Waals surface area contributed by atoms with Gasteiger partial charge in [-0.15, -0.1) is 0 Å². The van der Waals surface area contributed by atoms with Crippen LogP contribution in [0.5, 0.6) is 0 Å². The Hall–Kier alpha value is -2.81. The van der Waals surface area contributed by atoms with Crippen molar-refractivity contribution in [2.75, 3.05) is 13.2 Å². The van der Waals surface area contributed by atoms with E-state index in [2.05, 4.69) is 15.9 Å². The predicted octanol–water partition coefficient (Wildman–Crippen LogP) is 3.70. The van der Waals surface area contributed by atoms with Gasteiger partial charge < -0.3 is 9.64 Å².